The van der Waals surface area contributed by atoms with Crippen molar-refractivity contribution in [2.45, 2.75) is 12.8 Å². The number of anilines is 2. The Bertz CT molecular complexity index is 1070. The quantitative estimate of drug-likeness (QED) is 0.634. The summed E-state index contributed by atoms with van der Waals surface area (Å²) in [5.41, 5.74) is 1.38. The Balaban J connectivity index is 1.25. The van der Waals surface area contributed by atoms with Crippen molar-refractivity contribution in [2.75, 3.05) is 23.3 Å². The largest absolute Gasteiger partial charge is 0.355 e. The van der Waals surface area contributed by atoms with E-state index in [4.69, 9.17) is 0 Å². The number of halogens is 1. The second-order valence-corrected chi connectivity index (χ2v) is 7.99. The summed E-state index contributed by atoms with van der Waals surface area (Å²) >= 11 is 1.39. The van der Waals surface area contributed by atoms with Gasteiger partial charge in [0.1, 0.15) is 5.82 Å². The standard InChI is InChI=1S/C21H19FN4O3S/c22-14-5-7-15(8-6-14)26-12-13(11-19(26)28)20(29)23-10-9-18(27)25-21-24-16-3-1-2-4-17(16)30-21/h1-8,13H,9-12H2,(H,23,29)(H,24,25,27). The highest BCUT2D eigenvalue weighted by Crippen LogP contribution is 2.26. The molecule has 0 spiro atoms. The lowest BCUT2D eigenvalue weighted by Crippen LogP contribution is -2.34. The fraction of sp³-hybridized carbons (Fsp3) is 0.238. The van der Waals surface area contributed by atoms with Crippen LogP contribution in [0.5, 0.6) is 0 Å². The minimum absolute atomic E-state index is 0.0844. The Morgan fingerprint density at radius 1 is 1.17 bits per heavy atom. The number of para-hydroxylation sites is 1. The predicted molar refractivity (Wildman–Crippen MR) is 113 cm³/mol. The van der Waals surface area contributed by atoms with Crippen molar-refractivity contribution in [1.29, 1.82) is 0 Å². The van der Waals surface area contributed by atoms with Crippen LogP contribution in [0.25, 0.3) is 10.2 Å². The summed E-state index contributed by atoms with van der Waals surface area (Å²) in [7, 11) is 0. The van der Waals surface area contributed by atoms with E-state index in [-0.39, 0.29) is 49.5 Å². The number of hydrogen-bond acceptors (Lipinski definition) is 5. The van der Waals surface area contributed by atoms with E-state index >= 15 is 0 Å². The van der Waals surface area contributed by atoms with E-state index in [1.54, 1.807) is 0 Å². The van der Waals surface area contributed by atoms with Crippen LogP contribution in [-0.4, -0.2) is 35.8 Å². The molecule has 1 saturated heterocycles. The first kappa shape index (κ1) is 20.0. The fourth-order valence-electron chi connectivity index (χ4n) is 3.30. The number of thiazole rings is 1. The Labute approximate surface area is 175 Å². The van der Waals surface area contributed by atoms with E-state index in [0.717, 1.165) is 10.2 Å². The highest BCUT2D eigenvalue weighted by Gasteiger charge is 2.35. The number of nitrogens with one attached hydrogen (secondary N) is 2. The average Bonchev–Trinajstić information content (AvgIpc) is 3.31. The first-order valence-corrected chi connectivity index (χ1v) is 10.3. The zero-order chi connectivity index (χ0) is 21.1. The minimum atomic E-state index is -0.505. The third kappa shape index (κ3) is 4.46. The molecule has 1 aromatic heterocycles. The van der Waals surface area contributed by atoms with Gasteiger partial charge < -0.3 is 15.5 Å². The molecule has 3 amide bonds. The summed E-state index contributed by atoms with van der Waals surface area (Å²) in [6.45, 7) is 0.394. The van der Waals surface area contributed by atoms with Crippen molar-refractivity contribution in [2.24, 2.45) is 5.92 Å². The van der Waals surface area contributed by atoms with Gasteiger partial charge in [-0.3, -0.25) is 14.4 Å². The highest BCUT2D eigenvalue weighted by atomic mass is 32.1. The summed E-state index contributed by atoms with van der Waals surface area (Å²) in [6, 6.07) is 13.2. The lowest BCUT2D eigenvalue weighted by Gasteiger charge is -2.16. The molecule has 1 aliphatic rings. The van der Waals surface area contributed by atoms with Crippen LogP contribution in [-0.2, 0) is 14.4 Å². The number of nitrogens with zero attached hydrogens (tertiary/aromatic N) is 2. The van der Waals surface area contributed by atoms with Gasteiger partial charge in [0.15, 0.2) is 5.13 Å². The van der Waals surface area contributed by atoms with Gasteiger partial charge in [0, 0.05) is 31.6 Å². The molecule has 7 nitrogen and oxygen atoms in total. The first-order chi connectivity index (χ1) is 14.5. The molecule has 2 N–H and O–H groups in total. The van der Waals surface area contributed by atoms with Crippen LogP contribution in [0.3, 0.4) is 0 Å². The molecule has 0 bridgehead atoms. The van der Waals surface area contributed by atoms with Crippen LogP contribution >= 0.6 is 11.3 Å². The monoisotopic (exact) mass is 426 g/mol. The summed E-state index contributed by atoms with van der Waals surface area (Å²) < 4.78 is 14.1. The van der Waals surface area contributed by atoms with Crippen LogP contribution < -0.4 is 15.5 Å². The van der Waals surface area contributed by atoms with Gasteiger partial charge in [0.2, 0.25) is 17.7 Å². The Hall–Kier alpha value is -3.33. The molecule has 1 atom stereocenters. The van der Waals surface area contributed by atoms with Crippen LogP contribution in [0.1, 0.15) is 12.8 Å². The molecule has 0 radical (unpaired) electrons. The molecule has 2 heterocycles. The van der Waals surface area contributed by atoms with Gasteiger partial charge >= 0.3 is 0 Å². The summed E-state index contributed by atoms with van der Waals surface area (Å²) in [4.78, 5) is 42.5. The Morgan fingerprint density at radius 3 is 2.70 bits per heavy atom. The summed E-state index contributed by atoms with van der Waals surface area (Å²) in [5.74, 6) is -1.60. The van der Waals surface area contributed by atoms with E-state index in [0.29, 0.717) is 10.8 Å². The van der Waals surface area contributed by atoms with E-state index in [1.807, 2.05) is 24.3 Å². The van der Waals surface area contributed by atoms with Gasteiger partial charge in [-0.05, 0) is 36.4 Å². The van der Waals surface area contributed by atoms with Gasteiger partial charge in [-0.25, -0.2) is 9.37 Å². The number of benzene rings is 2. The van der Waals surface area contributed by atoms with Crippen molar-refractivity contribution >= 4 is 50.1 Å². The minimum Gasteiger partial charge on any atom is -0.355 e. The maximum absolute atomic E-state index is 13.1. The normalized spacial score (nSPS) is 16.1. The van der Waals surface area contributed by atoms with E-state index in [2.05, 4.69) is 15.6 Å². The molecule has 0 aliphatic carbocycles. The second-order valence-electron chi connectivity index (χ2n) is 6.96. The van der Waals surface area contributed by atoms with Gasteiger partial charge in [-0.1, -0.05) is 23.5 Å². The van der Waals surface area contributed by atoms with Crippen LogP contribution in [0.15, 0.2) is 48.5 Å². The molecule has 154 valence electrons. The summed E-state index contributed by atoms with van der Waals surface area (Å²) in [5, 5.41) is 5.97. The van der Waals surface area contributed by atoms with Crippen LogP contribution in [0.4, 0.5) is 15.2 Å². The molecule has 9 heteroatoms. The van der Waals surface area contributed by atoms with Crippen LogP contribution in [0.2, 0.25) is 0 Å². The number of carbonyl (C=O) groups is 3. The molecule has 0 saturated carbocycles. The first-order valence-electron chi connectivity index (χ1n) is 9.48. The molecule has 4 rings (SSSR count). The number of rotatable bonds is 6. The third-order valence-corrected chi connectivity index (χ3v) is 5.78. The van der Waals surface area contributed by atoms with Gasteiger partial charge in [-0.2, -0.15) is 0 Å². The Kier molecular flexibility index (Phi) is 5.71. The molecule has 3 aromatic rings. The smallest absolute Gasteiger partial charge is 0.227 e. The third-order valence-electron chi connectivity index (χ3n) is 4.83. The highest BCUT2D eigenvalue weighted by molar-refractivity contribution is 7.22. The number of aromatic nitrogens is 1. The van der Waals surface area contributed by atoms with Crippen molar-refractivity contribution < 1.29 is 18.8 Å². The summed E-state index contributed by atoms with van der Waals surface area (Å²) in [6.07, 6.45) is 0.186. The van der Waals surface area contributed by atoms with E-state index in [9.17, 15) is 18.8 Å². The number of fused-ring (bicyclic) bond motifs is 1. The molecule has 30 heavy (non-hydrogen) atoms. The lowest BCUT2D eigenvalue weighted by atomic mass is 10.1. The molecule has 1 unspecified atom stereocenters. The fourth-order valence-corrected chi connectivity index (χ4v) is 4.19. The van der Waals surface area contributed by atoms with E-state index in [1.165, 1.54) is 40.5 Å². The molecular formula is C21H19FN4O3S. The van der Waals surface area contributed by atoms with Gasteiger partial charge in [-0.15, -0.1) is 0 Å². The molecule has 1 aliphatic heterocycles. The number of amides is 3. The lowest BCUT2D eigenvalue weighted by molar-refractivity contribution is -0.126. The Morgan fingerprint density at radius 2 is 1.93 bits per heavy atom. The number of hydrogen-bond donors (Lipinski definition) is 2. The second kappa shape index (κ2) is 8.58. The molecule has 1 fully saturated rings. The maximum Gasteiger partial charge on any atom is 0.227 e. The predicted octanol–water partition coefficient (Wildman–Crippen LogP) is 2.93. The average molecular weight is 426 g/mol. The van der Waals surface area contributed by atoms with Crippen molar-refractivity contribution in [3.63, 3.8) is 0 Å². The number of carbonyl (C=O) groups excluding carboxylic acids is 3. The van der Waals surface area contributed by atoms with Crippen molar-refractivity contribution in [1.82, 2.24) is 10.3 Å². The van der Waals surface area contributed by atoms with E-state index < -0.39 is 5.92 Å². The zero-order valence-corrected chi connectivity index (χ0v) is 16.7. The van der Waals surface area contributed by atoms with Gasteiger partial charge in [0.25, 0.3) is 0 Å². The van der Waals surface area contributed by atoms with Gasteiger partial charge in [0.05, 0.1) is 16.1 Å². The van der Waals surface area contributed by atoms with Crippen molar-refractivity contribution in [3.8, 4) is 0 Å². The molecule has 2 aromatic carbocycles. The van der Waals surface area contributed by atoms with Crippen LogP contribution in [0, 0.1) is 11.7 Å². The molecular weight excluding hydrogens is 407 g/mol. The van der Waals surface area contributed by atoms with Crippen molar-refractivity contribution in [3.05, 3.63) is 54.3 Å². The topological polar surface area (TPSA) is 91.4 Å². The maximum atomic E-state index is 13.1. The SMILES string of the molecule is O=C(CCNC(=O)C1CC(=O)N(c2ccc(F)cc2)C1)Nc1nc2ccccc2s1. The zero-order valence-electron chi connectivity index (χ0n) is 15.9.